The first kappa shape index (κ1) is 13.2. The molecule has 3 rings (SSSR count). The van der Waals surface area contributed by atoms with Crippen LogP contribution in [0.25, 0.3) is 0 Å². The van der Waals surface area contributed by atoms with Crippen LogP contribution in [0.5, 0.6) is 0 Å². The monoisotopic (exact) mass is 288 g/mol. The number of rotatable bonds is 3. The number of furan rings is 1. The minimum atomic E-state index is -0.0681. The zero-order chi connectivity index (χ0) is 13.9. The van der Waals surface area contributed by atoms with Crippen molar-refractivity contribution in [3.8, 4) is 0 Å². The lowest BCUT2D eigenvalue weighted by atomic mass is 9.93. The summed E-state index contributed by atoms with van der Waals surface area (Å²) in [7, 11) is 0. The number of thioether (sulfide) groups is 1. The molecule has 0 unspecified atom stereocenters. The Balaban J connectivity index is 1.81. The molecule has 2 aromatic heterocycles. The van der Waals surface area contributed by atoms with Crippen molar-refractivity contribution in [1.82, 2.24) is 10.3 Å². The van der Waals surface area contributed by atoms with Crippen LogP contribution in [0.2, 0.25) is 0 Å². The van der Waals surface area contributed by atoms with Crippen molar-refractivity contribution in [2.45, 2.75) is 30.3 Å². The molecular formula is C15H16N2O2S. The number of nitrogens with one attached hydrogen (secondary N) is 1. The summed E-state index contributed by atoms with van der Waals surface area (Å²) in [5.74, 6) is 0.930. The van der Waals surface area contributed by atoms with Crippen LogP contribution in [0.1, 0.15) is 40.6 Å². The molecule has 1 atom stereocenters. The van der Waals surface area contributed by atoms with E-state index in [2.05, 4.69) is 10.3 Å². The molecule has 0 saturated heterocycles. The minimum absolute atomic E-state index is 0.0416. The summed E-state index contributed by atoms with van der Waals surface area (Å²) >= 11 is 1.48. The molecule has 104 valence electrons. The molecule has 0 bridgehead atoms. The molecule has 2 heterocycles. The third-order valence-corrected chi connectivity index (χ3v) is 4.28. The first-order chi connectivity index (χ1) is 9.79. The average molecular weight is 288 g/mol. The molecule has 1 aliphatic rings. The van der Waals surface area contributed by atoms with Gasteiger partial charge in [-0.1, -0.05) is 0 Å². The summed E-state index contributed by atoms with van der Waals surface area (Å²) in [6.45, 7) is 0. The van der Waals surface area contributed by atoms with Crippen molar-refractivity contribution in [2.24, 2.45) is 0 Å². The highest BCUT2D eigenvalue weighted by atomic mass is 32.2. The van der Waals surface area contributed by atoms with Gasteiger partial charge in [0.1, 0.15) is 10.8 Å². The fourth-order valence-electron chi connectivity index (χ4n) is 2.60. The van der Waals surface area contributed by atoms with E-state index in [9.17, 15) is 4.79 Å². The van der Waals surface area contributed by atoms with Crippen LogP contribution in [0.15, 0.2) is 40.1 Å². The Morgan fingerprint density at radius 2 is 2.40 bits per heavy atom. The van der Waals surface area contributed by atoms with Crippen LogP contribution in [0.3, 0.4) is 0 Å². The quantitative estimate of drug-likeness (QED) is 0.881. The predicted molar refractivity (Wildman–Crippen MR) is 77.9 cm³/mol. The van der Waals surface area contributed by atoms with E-state index < -0.39 is 0 Å². The summed E-state index contributed by atoms with van der Waals surface area (Å²) in [5.41, 5.74) is 1.75. The third-order valence-electron chi connectivity index (χ3n) is 3.57. The van der Waals surface area contributed by atoms with E-state index in [0.29, 0.717) is 5.56 Å². The smallest absolute Gasteiger partial charge is 0.254 e. The van der Waals surface area contributed by atoms with Gasteiger partial charge in [-0.3, -0.25) is 4.79 Å². The Hall–Kier alpha value is -1.75. The van der Waals surface area contributed by atoms with Crippen LogP contribution in [0, 0.1) is 0 Å². The SMILES string of the molecule is CSc1ncccc1C(=O)N[C@H]1CCCc2occc21. The van der Waals surface area contributed by atoms with Crippen molar-refractivity contribution < 1.29 is 9.21 Å². The highest BCUT2D eigenvalue weighted by Gasteiger charge is 2.25. The molecule has 1 aliphatic carbocycles. The zero-order valence-corrected chi connectivity index (χ0v) is 12.1. The van der Waals surface area contributed by atoms with Crippen molar-refractivity contribution in [2.75, 3.05) is 6.26 Å². The zero-order valence-electron chi connectivity index (χ0n) is 11.3. The number of carbonyl (C=O) groups excluding carboxylic acids is 1. The van der Waals surface area contributed by atoms with Gasteiger partial charge in [-0.25, -0.2) is 4.98 Å². The van der Waals surface area contributed by atoms with Gasteiger partial charge in [-0.15, -0.1) is 11.8 Å². The molecule has 20 heavy (non-hydrogen) atoms. The number of fused-ring (bicyclic) bond motifs is 1. The lowest BCUT2D eigenvalue weighted by Crippen LogP contribution is -2.30. The third kappa shape index (κ3) is 2.45. The van der Waals surface area contributed by atoms with E-state index in [-0.39, 0.29) is 11.9 Å². The summed E-state index contributed by atoms with van der Waals surface area (Å²) in [6.07, 6.45) is 8.27. The number of pyridine rings is 1. The second-order valence-corrected chi connectivity index (χ2v) is 5.57. The number of hydrogen-bond acceptors (Lipinski definition) is 4. The Bertz CT molecular complexity index is 624. The molecular weight excluding hydrogens is 272 g/mol. The summed E-state index contributed by atoms with van der Waals surface area (Å²) < 4.78 is 5.45. The second kappa shape index (κ2) is 5.71. The van der Waals surface area contributed by atoms with E-state index in [1.165, 1.54) is 11.8 Å². The minimum Gasteiger partial charge on any atom is -0.469 e. The van der Waals surface area contributed by atoms with Crippen LogP contribution < -0.4 is 5.32 Å². The Morgan fingerprint density at radius 3 is 3.25 bits per heavy atom. The maximum atomic E-state index is 12.4. The molecule has 0 spiro atoms. The van der Waals surface area contributed by atoms with Crippen molar-refractivity contribution in [3.05, 3.63) is 47.5 Å². The van der Waals surface area contributed by atoms with Crippen molar-refractivity contribution >= 4 is 17.7 Å². The van der Waals surface area contributed by atoms with Gasteiger partial charge < -0.3 is 9.73 Å². The number of hydrogen-bond donors (Lipinski definition) is 1. The molecule has 0 radical (unpaired) electrons. The van der Waals surface area contributed by atoms with Gasteiger partial charge in [-0.2, -0.15) is 0 Å². The van der Waals surface area contributed by atoms with Crippen molar-refractivity contribution in [3.63, 3.8) is 0 Å². The predicted octanol–water partition coefficient (Wildman–Crippen LogP) is 3.20. The van der Waals surface area contributed by atoms with Crippen molar-refractivity contribution in [1.29, 1.82) is 0 Å². The van der Waals surface area contributed by atoms with E-state index in [4.69, 9.17) is 4.42 Å². The van der Waals surface area contributed by atoms with Crippen LogP contribution >= 0.6 is 11.8 Å². The molecule has 1 amide bonds. The fourth-order valence-corrected chi connectivity index (χ4v) is 3.15. The van der Waals surface area contributed by atoms with Gasteiger partial charge in [0.2, 0.25) is 0 Å². The maximum absolute atomic E-state index is 12.4. The summed E-state index contributed by atoms with van der Waals surface area (Å²) in [6, 6.07) is 5.60. The summed E-state index contributed by atoms with van der Waals surface area (Å²) in [5, 5.41) is 3.86. The van der Waals surface area contributed by atoms with Gasteiger partial charge in [0.05, 0.1) is 17.9 Å². The largest absolute Gasteiger partial charge is 0.469 e. The maximum Gasteiger partial charge on any atom is 0.254 e. The molecule has 0 aliphatic heterocycles. The van der Waals surface area contributed by atoms with E-state index >= 15 is 0 Å². The normalized spacial score (nSPS) is 17.6. The average Bonchev–Trinajstić information content (AvgIpc) is 2.96. The topological polar surface area (TPSA) is 55.1 Å². The standard InChI is InChI=1S/C15H16N2O2S/c1-20-15-11(4-3-8-16-15)14(18)17-12-5-2-6-13-10(12)7-9-19-13/h3-4,7-9,12H,2,5-6H2,1H3,(H,17,18)/t12-/m0/s1. The molecule has 0 aromatic carbocycles. The highest BCUT2D eigenvalue weighted by Crippen LogP contribution is 2.31. The number of nitrogens with zero attached hydrogens (tertiary/aromatic N) is 1. The van der Waals surface area contributed by atoms with Gasteiger partial charge in [0.25, 0.3) is 5.91 Å². The second-order valence-electron chi connectivity index (χ2n) is 4.78. The number of amides is 1. The Kier molecular flexibility index (Phi) is 3.78. The van der Waals surface area contributed by atoms with E-state index in [1.54, 1.807) is 18.5 Å². The van der Waals surface area contributed by atoms with Crippen LogP contribution in [0.4, 0.5) is 0 Å². The van der Waals surface area contributed by atoms with Gasteiger partial charge in [-0.05, 0) is 37.3 Å². The van der Waals surface area contributed by atoms with Gasteiger partial charge in [0.15, 0.2) is 0 Å². The van der Waals surface area contributed by atoms with E-state index in [1.807, 2.05) is 18.4 Å². The molecule has 4 nitrogen and oxygen atoms in total. The lowest BCUT2D eigenvalue weighted by molar-refractivity contribution is 0.0928. The van der Waals surface area contributed by atoms with Crippen LogP contribution in [-0.2, 0) is 6.42 Å². The molecule has 2 aromatic rings. The Labute approximate surface area is 122 Å². The molecule has 1 N–H and O–H groups in total. The number of aryl methyl sites for hydroxylation is 1. The van der Waals surface area contributed by atoms with Gasteiger partial charge in [0, 0.05) is 18.2 Å². The molecule has 5 heteroatoms. The Morgan fingerprint density at radius 1 is 1.50 bits per heavy atom. The molecule has 0 fully saturated rings. The lowest BCUT2D eigenvalue weighted by Gasteiger charge is -2.23. The first-order valence-electron chi connectivity index (χ1n) is 6.65. The first-order valence-corrected chi connectivity index (χ1v) is 7.88. The van der Waals surface area contributed by atoms with Crippen LogP contribution in [-0.4, -0.2) is 17.1 Å². The fraction of sp³-hybridized carbons (Fsp3) is 0.333. The number of aromatic nitrogens is 1. The van der Waals surface area contributed by atoms with Gasteiger partial charge >= 0.3 is 0 Å². The molecule has 0 saturated carbocycles. The highest BCUT2D eigenvalue weighted by molar-refractivity contribution is 7.98. The summed E-state index contributed by atoms with van der Waals surface area (Å²) in [4.78, 5) is 16.7. The van der Waals surface area contributed by atoms with E-state index in [0.717, 1.165) is 35.6 Å². The number of carbonyl (C=O) groups is 1.